The normalized spacial score (nSPS) is 13.1. The number of unbranched alkanes of at least 4 members (excludes halogenated alkanes) is 2. The largest absolute Gasteiger partial charge is 0.113 e. The van der Waals surface area contributed by atoms with Gasteiger partial charge in [-0.2, -0.15) is 0 Å². The molecular formula is C17H31P3. The lowest BCUT2D eigenvalue weighted by atomic mass is 10.3. The van der Waals surface area contributed by atoms with Crippen molar-refractivity contribution in [1.29, 1.82) is 0 Å². The van der Waals surface area contributed by atoms with Crippen molar-refractivity contribution < 1.29 is 0 Å². The predicted octanol–water partition coefficient (Wildman–Crippen LogP) is 5.45. The van der Waals surface area contributed by atoms with Crippen LogP contribution < -0.4 is 5.30 Å². The van der Waals surface area contributed by atoms with E-state index in [1.165, 1.54) is 43.9 Å². The smallest absolute Gasteiger partial charge is 0.0240 e. The molecule has 1 atom stereocenters. The Morgan fingerprint density at radius 2 is 1.25 bits per heavy atom. The molecule has 0 spiro atoms. The molecule has 1 aromatic rings. The van der Waals surface area contributed by atoms with Crippen LogP contribution in [0.15, 0.2) is 30.3 Å². The monoisotopic (exact) mass is 328 g/mol. The zero-order valence-electron chi connectivity index (χ0n) is 13.7. The Kier molecular flexibility index (Phi) is 10.3. The van der Waals surface area contributed by atoms with Gasteiger partial charge in [-0.05, 0) is 69.5 Å². The second-order valence-electron chi connectivity index (χ2n) is 5.99. The molecule has 0 radical (unpaired) electrons. The van der Waals surface area contributed by atoms with Crippen LogP contribution in [0.5, 0.6) is 0 Å². The standard InChI is InChI=1S/C17H31P3/c1-18(2)13-9-6-10-14-20(16-15-19(3)4)17-11-7-5-8-12-17/h5,7-8,11-12H,6,9-10,13-16H2,1-4H3. The van der Waals surface area contributed by atoms with Crippen LogP contribution in [0.1, 0.15) is 19.3 Å². The lowest BCUT2D eigenvalue weighted by Gasteiger charge is -2.19. The topological polar surface area (TPSA) is 0 Å². The van der Waals surface area contributed by atoms with Crippen molar-refractivity contribution in [2.24, 2.45) is 0 Å². The third-order valence-electron chi connectivity index (χ3n) is 3.47. The molecule has 0 heterocycles. The van der Waals surface area contributed by atoms with Gasteiger partial charge in [0.05, 0.1) is 0 Å². The summed E-state index contributed by atoms with van der Waals surface area (Å²) in [7, 11) is 0.683. The van der Waals surface area contributed by atoms with E-state index in [0.29, 0.717) is 7.92 Å². The fourth-order valence-electron chi connectivity index (χ4n) is 2.24. The van der Waals surface area contributed by atoms with E-state index >= 15 is 0 Å². The van der Waals surface area contributed by atoms with E-state index in [4.69, 9.17) is 0 Å². The molecule has 0 N–H and O–H groups in total. The molecule has 0 nitrogen and oxygen atoms in total. The van der Waals surface area contributed by atoms with Crippen molar-refractivity contribution in [2.45, 2.75) is 19.3 Å². The Labute approximate surface area is 130 Å². The SMILES string of the molecule is CP(C)CCCCCP(CCP(C)C)c1ccccc1. The molecule has 1 rings (SSSR count). The summed E-state index contributed by atoms with van der Waals surface area (Å²) in [5, 5.41) is 1.63. The number of rotatable bonds is 10. The molecule has 0 aromatic heterocycles. The van der Waals surface area contributed by atoms with Gasteiger partial charge in [0.1, 0.15) is 0 Å². The minimum Gasteiger partial charge on any atom is -0.113 e. The molecule has 0 saturated carbocycles. The number of hydrogen-bond acceptors (Lipinski definition) is 0. The van der Waals surface area contributed by atoms with Gasteiger partial charge in [-0.3, -0.25) is 0 Å². The summed E-state index contributed by atoms with van der Waals surface area (Å²) < 4.78 is 0. The quantitative estimate of drug-likeness (QED) is 0.396. The summed E-state index contributed by atoms with van der Waals surface area (Å²) in [6, 6.07) is 11.3. The molecule has 20 heavy (non-hydrogen) atoms. The van der Waals surface area contributed by atoms with Gasteiger partial charge in [-0.15, -0.1) is 15.8 Å². The van der Waals surface area contributed by atoms with Gasteiger partial charge in [0, 0.05) is 0 Å². The van der Waals surface area contributed by atoms with Crippen LogP contribution in [0.3, 0.4) is 0 Å². The second kappa shape index (κ2) is 11.1. The highest BCUT2D eigenvalue weighted by molar-refractivity contribution is 7.67. The molecule has 114 valence electrons. The van der Waals surface area contributed by atoms with Crippen LogP contribution in [-0.4, -0.2) is 51.3 Å². The molecule has 0 aliphatic rings. The first-order valence-electron chi connectivity index (χ1n) is 7.69. The van der Waals surface area contributed by atoms with Crippen molar-refractivity contribution in [3.8, 4) is 0 Å². The molecular weight excluding hydrogens is 297 g/mol. The van der Waals surface area contributed by atoms with Crippen LogP contribution in [0, 0.1) is 0 Å². The molecule has 0 saturated heterocycles. The second-order valence-corrected chi connectivity index (χ2v) is 13.7. The van der Waals surface area contributed by atoms with Crippen molar-refractivity contribution in [3.63, 3.8) is 0 Å². The summed E-state index contributed by atoms with van der Waals surface area (Å²) in [6.45, 7) is 9.63. The zero-order chi connectivity index (χ0) is 14.8. The molecule has 1 aromatic carbocycles. The third kappa shape index (κ3) is 8.72. The average molecular weight is 328 g/mol. The first-order chi connectivity index (χ1) is 9.59. The third-order valence-corrected chi connectivity index (χ3v) is 8.80. The Morgan fingerprint density at radius 3 is 1.85 bits per heavy atom. The van der Waals surface area contributed by atoms with Crippen molar-refractivity contribution in [2.75, 3.05) is 51.3 Å². The Balaban J connectivity index is 2.39. The lowest BCUT2D eigenvalue weighted by molar-refractivity contribution is 0.780. The lowest BCUT2D eigenvalue weighted by Crippen LogP contribution is -2.08. The van der Waals surface area contributed by atoms with Gasteiger partial charge in [0.15, 0.2) is 0 Å². The number of benzene rings is 1. The van der Waals surface area contributed by atoms with Gasteiger partial charge in [0.25, 0.3) is 0 Å². The Morgan fingerprint density at radius 1 is 0.650 bits per heavy atom. The minimum absolute atomic E-state index is 0.101. The zero-order valence-corrected chi connectivity index (χ0v) is 16.4. The van der Waals surface area contributed by atoms with E-state index in [1.54, 1.807) is 5.30 Å². The molecule has 3 heteroatoms. The van der Waals surface area contributed by atoms with Crippen molar-refractivity contribution >= 4 is 29.1 Å². The van der Waals surface area contributed by atoms with E-state index < -0.39 is 0 Å². The fourth-order valence-corrected chi connectivity index (χ4v) is 7.60. The van der Waals surface area contributed by atoms with Gasteiger partial charge >= 0.3 is 0 Å². The van der Waals surface area contributed by atoms with Crippen LogP contribution in [0.2, 0.25) is 0 Å². The number of hydrogen-bond donors (Lipinski definition) is 0. The molecule has 0 fully saturated rings. The Bertz CT molecular complexity index is 335. The summed E-state index contributed by atoms with van der Waals surface area (Å²) >= 11 is 0. The van der Waals surface area contributed by atoms with Gasteiger partial charge in [-0.1, -0.05) is 44.7 Å². The molecule has 0 amide bonds. The molecule has 0 bridgehead atoms. The average Bonchev–Trinajstić information content (AvgIpc) is 2.42. The highest BCUT2D eigenvalue weighted by Gasteiger charge is 2.11. The van der Waals surface area contributed by atoms with Gasteiger partial charge in [0.2, 0.25) is 0 Å². The minimum atomic E-state index is 0.101. The highest BCUT2D eigenvalue weighted by atomic mass is 31.1. The van der Waals surface area contributed by atoms with Crippen molar-refractivity contribution in [1.82, 2.24) is 0 Å². The summed E-state index contributed by atoms with van der Waals surface area (Å²) in [5.74, 6) is 0. The fraction of sp³-hybridized carbons (Fsp3) is 0.647. The van der Waals surface area contributed by atoms with Crippen molar-refractivity contribution in [3.05, 3.63) is 30.3 Å². The van der Waals surface area contributed by atoms with E-state index in [1.807, 2.05) is 0 Å². The van der Waals surface area contributed by atoms with Gasteiger partial charge in [-0.25, -0.2) is 0 Å². The first-order valence-corrected chi connectivity index (χ1v) is 14.2. The van der Waals surface area contributed by atoms with E-state index in [2.05, 4.69) is 57.0 Å². The summed E-state index contributed by atoms with van der Waals surface area (Å²) in [5.41, 5.74) is 0. The van der Waals surface area contributed by atoms with E-state index in [-0.39, 0.29) is 15.8 Å². The molecule has 0 aliphatic heterocycles. The summed E-state index contributed by atoms with van der Waals surface area (Å²) in [4.78, 5) is 0. The van der Waals surface area contributed by atoms with Crippen LogP contribution in [-0.2, 0) is 0 Å². The Hall–Kier alpha value is 0.510. The highest BCUT2D eigenvalue weighted by Crippen LogP contribution is 2.39. The van der Waals surface area contributed by atoms with Crippen LogP contribution in [0.4, 0.5) is 0 Å². The first kappa shape index (κ1) is 18.6. The molecule has 0 aliphatic carbocycles. The maximum Gasteiger partial charge on any atom is -0.0240 e. The molecule has 1 unspecified atom stereocenters. The predicted molar refractivity (Wildman–Crippen MR) is 104 cm³/mol. The van der Waals surface area contributed by atoms with Gasteiger partial charge < -0.3 is 0 Å². The van der Waals surface area contributed by atoms with E-state index in [9.17, 15) is 0 Å². The summed E-state index contributed by atoms with van der Waals surface area (Å²) in [6.07, 6.45) is 10.2. The van der Waals surface area contributed by atoms with Crippen LogP contribution >= 0.6 is 23.8 Å². The maximum atomic E-state index is 2.42. The van der Waals surface area contributed by atoms with E-state index in [0.717, 1.165) is 0 Å². The maximum absolute atomic E-state index is 2.42. The van der Waals surface area contributed by atoms with Crippen LogP contribution in [0.25, 0.3) is 0 Å².